The number of rotatable bonds is 6. The van der Waals surface area contributed by atoms with Crippen molar-refractivity contribution in [1.82, 2.24) is 5.32 Å². The Morgan fingerprint density at radius 3 is 2.85 bits per heavy atom. The Morgan fingerprint density at radius 2 is 2.10 bits per heavy atom. The van der Waals surface area contributed by atoms with E-state index in [1.165, 1.54) is 31.3 Å². The highest BCUT2D eigenvalue weighted by Crippen LogP contribution is 2.19. The van der Waals surface area contributed by atoms with Gasteiger partial charge < -0.3 is 5.32 Å². The molecule has 0 unspecified atom stereocenters. The SMILES string of the molecule is O=C(/C=C/Sc1ccccc1)NCCC1=CCCCC1. The molecule has 0 fully saturated rings. The fourth-order valence-electron chi connectivity index (χ4n) is 2.21. The minimum absolute atomic E-state index is 0.00941. The molecule has 1 N–H and O–H groups in total. The summed E-state index contributed by atoms with van der Waals surface area (Å²) in [7, 11) is 0. The third kappa shape index (κ3) is 5.66. The van der Waals surface area contributed by atoms with E-state index in [1.54, 1.807) is 17.8 Å². The van der Waals surface area contributed by atoms with Crippen molar-refractivity contribution in [1.29, 1.82) is 0 Å². The number of allylic oxidation sites excluding steroid dienone is 1. The molecule has 0 aromatic heterocycles. The van der Waals surface area contributed by atoms with Crippen molar-refractivity contribution < 1.29 is 4.79 Å². The summed E-state index contributed by atoms with van der Waals surface area (Å²) >= 11 is 1.56. The van der Waals surface area contributed by atoms with Crippen LogP contribution in [0.2, 0.25) is 0 Å². The van der Waals surface area contributed by atoms with E-state index in [4.69, 9.17) is 0 Å². The minimum atomic E-state index is -0.00941. The molecule has 2 nitrogen and oxygen atoms in total. The number of hydrogen-bond acceptors (Lipinski definition) is 2. The van der Waals surface area contributed by atoms with E-state index < -0.39 is 0 Å². The van der Waals surface area contributed by atoms with Gasteiger partial charge in [-0.05, 0) is 49.6 Å². The van der Waals surface area contributed by atoms with Gasteiger partial charge in [-0.3, -0.25) is 4.79 Å². The van der Waals surface area contributed by atoms with Crippen molar-refractivity contribution in [3.8, 4) is 0 Å². The average molecular weight is 287 g/mol. The third-order valence-electron chi connectivity index (χ3n) is 3.30. The fraction of sp³-hybridized carbons (Fsp3) is 0.353. The molecule has 0 saturated carbocycles. The van der Waals surface area contributed by atoms with Crippen molar-refractivity contribution in [2.75, 3.05) is 6.54 Å². The summed E-state index contributed by atoms with van der Waals surface area (Å²) in [6, 6.07) is 10.0. The van der Waals surface area contributed by atoms with E-state index in [9.17, 15) is 4.79 Å². The highest BCUT2D eigenvalue weighted by atomic mass is 32.2. The third-order valence-corrected chi connectivity index (χ3v) is 4.11. The molecule has 1 aliphatic rings. The highest BCUT2D eigenvalue weighted by molar-refractivity contribution is 8.02. The van der Waals surface area contributed by atoms with E-state index in [1.807, 2.05) is 35.7 Å². The molecule has 106 valence electrons. The van der Waals surface area contributed by atoms with E-state index in [-0.39, 0.29) is 5.91 Å². The lowest BCUT2D eigenvalue weighted by molar-refractivity contribution is -0.116. The van der Waals surface area contributed by atoms with Crippen molar-refractivity contribution in [2.24, 2.45) is 0 Å². The summed E-state index contributed by atoms with van der Waals surface area (Å²) in [5.41, 5.74) is 1.50. The summed E-state index contributed by atoms with van der Waals surface area (Å²) in [6.45, 7) is 0.741. The van der Waals surface area contributed by atoms with Crippen LogP contribution in [0.3, 0.4) is 0 Å². The summed E-state index contributed by atoms with van der Waals surface area (Å²) in [6.07, 6.45) is 9.95. The predicted octanol–water partition coefficient (Wildman–Crippen LogP) is 4.30. The van der Waals surface area contributed by atoms with Gasteiger partial charge in [-0.1, -0.05) is 41.6 Å². The first-order valence-corrected chi connectivity index (χ1v) is 8.06. The van der Waals surface area contributed by atoms with Crippen LogP contribution in [0, 0.1) is 0 Å². The van der Waals surface area contributed by atoms with Crippen molar-refractivity contribution in [3.05, 3.63) is 53.5 Å². The molecule has 20 heavy (non-hydrogen) atoms. The Labute approximate surface area is 125 Å². The van der Waals surface area contributed by atoms with Crippen LogP contribution in [0.5, 0.6) is 0 Å². The second kappa shape index (κ2) is 8.64. The molecule has 2 rings (SSSR count). The molecule has 1 amide bonds. The maximum absolute atomic E-state index is 11.6. The topological polar surface area (TPSA) is 29.1 Å². The van der Waals surface area contributed by atoms with Crippen LogP contribution in [0.1, 0.15) is 32.1 Å². The first-order valence-electron chi connectivity index (χ1n) is 7.18. The van der Waals surface area contributed by atoms with Crippen LogP contribution in [-0.4, -0.2) is 12.5 Å². The molecule has 0 bridgehead atoms. The second-order valence-electron chi connectivity index (χ2n) is 4.88. The molecule has 1 aromatic carbocycles. The first kappa shape index (κ1) is 14.9. The molecule has 0 aliphatic heterocycles. The van der Waals surface area contributed by atoms with Crippen LogP contribution in [0.25, 0.3) is 0 Å². The van der Waals surface area contributed by atoms with Crippen molar-refractivity contribution in [3.63, 3.8) is 0 Å². The lowest BCUT2D eigenvalue weighted by Gasteiger charge is -2.12. The monoisotopic (exact) mass is 287 g/mol. The Hall–Kier alpha value is -1.48. The summed E-state index contributed by atoms with van der Waals surface area (Å²) < 4.78 is 0. The zero-order valence-corrected chi connectivity index (χ0v) is 12.5. The molecular formula is C17H21NOS. The zero-order valence-electron chi connectivity index (χ0n) is 11.7. The van der Waals surface area contributed by atoms with E-state index in [0.717, 1.165) is 17.9 Å². The average Bonchev–Trinajstić information content (AvgIpc) is 2.49. The van der Waals surface area contributed by atoms with Gasteiger partial charge >= 0.3 is 0 Å². The number of nitrogens with one attached hydrogen (secondary N) is 1. The van der Waals surface area contributed by atoms with Gasteiger partial charge in [0.2, 0.25) is 5.91 Å². The van der Waals surface area contributed by atoms with Crippen LogP contribution >= 0.6 is 11.8 Å². The Kier molecular flexibility index (Phi) is 6.45. The second-order valence-corrected chi connectivity index (χ2v) is 5.86. The van der Waals surface area contributed by atoms with Gasteiger partial charge in [0, 0.05) is 17.5 Å². The fourth-order valence-corrected chi connectivity index (χ4v) is 2.87. The summed E-state index contributed by atoms with van der Waals surface area (Å²) in [5.74, 6) is -0.00941. The van der Waals surface area contributed by atoms with Gasteiger partial charge in [0.25, 0.3) is 0 Å². The van der Waals surface area contributed by atoms with Crippen LogP contribution in [0.15, 0.2) is 58.4 Å². The molecule has 1 aromatic rings. The van der Waals surface area contributed by atoms with Crippen LogP contribution in [0.4, 0.5) is 0 Å². The van der Waals surface area contributed by atoms with E-state index in [2.05, 4.69) is 11.4 Å². The zero-order chi connectivity index (χ0) is 14.0. The molecular weight excluding hydrogens is 266 g/mol. The van der Waals surface area contributed by atoms with Gasteiger partial charge in [-0.25, -0.2) is 0 Å². The Morgan fingerprint density at radius 1 is 1.25 bits per heavy atom. The largest absolute Gasteiger partial charge is 0.352 e. The smallest absolute Gasteiger partial charge is 0.244 e. The molecule has 1 aliphatic carbocycles. The maximum Gasteiger partial charge on any atom is 0.244 e. The van der Waals surface area contributed by atoms with Crippen molar-refractivity contribution in [2.45, 2.75) is 37.0 Å². The number of hydrogen-bond donors (Lipinski definition) is 1. The standard InChI is InChI=1S/C17H21NOS/c19-17(12-14-20-16-9-5-2-6-10-16)18-13-11-15-7-3-1-4-8-15/h2,5-7,9-10,12,14H,1,3-4,8,11,13H2,(H,18,19)/b14-12+. The van der Waals surface area contributed by atoms with Crippen LogP contribution in [-0.2, 0) is 4.79 Å². The van der Waals surface area contributed by atoms with Crippen molar-refractivity contribution >= 4 is 17.7 Å². The molecule has 0 atom stereocenters. The lowest BCUT2D eigenvalue weighted by Crippen LogP contribution is -2.22. The molecule has 0 saturated heterocycles. The molecule has 0 spiro atoms. The highest BCUT2D eigenvalue weighted by Gasteiger charge is 2.03. The van der Waals surface area contributed by atoms with E-state index in [0.29, 0.717) is 0 Å². The van der Waals surface area contributed by atoms with Gasteiger partial charge in [-0.15, -0.1) is 0 Å². The lowest BCUT2D eigenvalue weighted by atomic mass is 9.97. The van der Waals surface area contributed by atoms with E-state index >= 15 is 0 Å². The number of thioether (sulfide) groups is 1. The normalized spacial score (nSPS) is 15.1. The minimum Gasteiger partial charge on any atom is -0.352 e. The number of carbonyl (C=O) groups excluding carboxylic acids is 1. The number of carbonyl (C=O) groups is 1. The van der Waals surface area contributed by atoms with Gasteiger partial charge in [0.15, 0.2) is 0 Å². The van der Waals surface area contributed by atoms with Gasteiger partial charge in [-0.2, -0.15) is 0 Å². The number of amides is 1. The predicted molar refractivity (Wildman–Crippen MR) is 85.6 cm³/mol. The van der Waals surface area contributed by atoms with Crippen LogP contribution < -0.4 is 5.32 Å². The summed E-state index contributed by atoms with van der Waals surface area (Å²) in [4.78, 5) is 12.8. The maximum atomic E-state index is 11.6. The molecule has 0 radical (unpaired) electrons. The molecule has 0 heterocycles. The quantitative estimate of drug-likeness (QED) is 0.480. The Balaban J connectivity index is 1.63. The van der Waals surface area contributed by atoms with Gasteiger partial charge in [0.05, 0.1) is 0 Å². The first-order chi connectivity index (χ1) is 9.84. The molecule has 3 heteroatoms. The summed E-state index contributed by atoms with van der Waals surface area (Å²) in [5, 5.41) is 4.77. The number of benzene rings is 1. The Bertz CT molecular complexity index is 479. The van der Waals surface area contributed by atoms with Gasteiger partial charge in [0.1, 0.15) is 0 Å².